The lowest BCUT2D eigenvalue weighted by atomic mass is 9.92. The summed E-state index contributed by atoms with van der Waals surface area (Å²) >= 11 is 0. The van der Waals surface area contributed by atoms with Gasteiger partial charge in [0.1, 0.15) is 11.2 Å². The summed E-state index contributed by atoms with van der Waals surface area (Å²) < 4.78 is 6.17. The maximum atomic E-state index is 13.3. The summed E-state index contributed by atoms with van der Waals surface area (Å²) in [4.78, 5) is 13.3. The second-order valence-electron chi connectivity index (χ2n) is 7.07. The molecule has 1 aromatic heterocycles. The fourth-order valence-corrected chi connectivity index (χ4v) is 3.83. The van der Waals surface area contributed by atoms with E-state index in [1.165, 1.54) is 11.1 Å². The van der Waals surface area contributed by atoms with Crippen molar-refractivity contribution < 1.29 is 4.42 Å². The van der Waals surface area contributed by atoms with Crippen LogP contribution in [0.25, 0.3) is 43.8 Å². The molecule has 0 N–H and O–H groups in total. The number of hydrogen-bond donors (Lipinski definition) is 0. The molecule has 2 heteroatoms. The summed E-state index contributed by atoms with van der Waals surface area (Å²) in [5.41, 5.74) is 5.86. The molecular weight excluding hydrogens is 332 g/mol. The van der Waals surface area contributed by atoms with E-state index in [9.17, 15) is 4.79 Å². The monoisotopic (exact) mass is 350 g/mol. The van der Waals surface area contributed by atoms with Crippen molar-refractivity contribution in [2.24, 2.45) is 0 Å². The van der Waals surface area contributed by atoms with Crippen LogP contribution in [-0.4, -0.2) is 0 Å². The Morgan fingerprint density at radius 1 is 0.667 bits per heavy atom. The number of fused-ring (bicyclic) bond motifs is 4. The van der Waals surface area contributed by atoms with E-state index < -0.39 is 0 Å². The molecule has 0 fully saturated rings. The van der Waals surface area contributed by atoms with Gasteiger partial charge in [-0.15, -0.1) is 0 Å². The Morgan fingerprint density at radius 3 is 2.11 bits per heavy atom. The summed E-state index contributed by atoms with van der Waals surface area (Å²) in [5.74, 6) is 0. The molecule has 0 radical (unpaired) electrons. The van der Waals surface area contributed by atoms with E-state index in [1.807, 2.05) is 48.5 Å². The van der Waals surface area contributed by atoms with Gasteiger partial charge in [0.05, 0.1) is 10.8 Å². The summed E-state index contributed by atoms with van der Waals surface area (Å²) in [6.07, 6.45) is 0. The summed E-state index contributed by atoms with van der Waals surface area (Å²) in [6, 6.07) is 24.0. The van der Waals surface area contributed by atoms with Gasteiger partial charge >= 0.3 is 0 Å². The second-order valence-corrected chi connectivity index (χ2v) is 7.07. The van der Waals surface area contributed by atoms with Crippen molar-refractivity contribution in [3.05, 3.63) is 94.1 Å². The van der Waals surface area contributed by atoms with Crippen LogP contribution < -0.4 is 5.43 Å². The molecule has 2 nitrogen and oxygen atoms in total. The van der Waals surface area contributed by atoms with Gasteiger partial charge in [0.2, 0.25) is 5.43 Å². The first kappa shape index (κ1) is 15.8. The molecule has 0 saturated heterocycles. The molecule has 0 unspecified atom stereocenters. The lowest BCUT2D eigenvalue weighted by Crippen LogP contribution is -2.03. The molecule has 1 heterocycles. The van der Waals surface area contributed by atoms with Crippen LogP contribution >= 0.6 is 0 Å². The normalized spacial score (nSPS) is 11.5. The highest BCUT2D eigenvalue weighted by Crippen LogP contribution is 2.36. The van der Waals surface area contributed by atoms with Crippen LogP contribution in [0.5, 0.6) is 0 Å². The first-order valence-corrected chi connectivity index (χ1v) is 9.08. The molecule has 0 aliphatic rings. The highest BCUT2D eigenvalue weighted by atomic mass is 16.3. The van der Waals surface area contributed by atoms with Gasteiger partial charge < -0.3 is 4.42 Å². The van der Waals surface area contributed by atoms with E-state index in [-0.39, 0.29) is 5.43 Å². The van der Waals surface area contributed by atoms with E-state index in [1.54, 1.807) is 0 Å². The van der Waals surface area contributed by atoms with Gasteiger partial charge in [-0.25, -0.2) is 0 Å². The van der Waals surface area contributed by atoms with E-state index in [4.69, 9.17) is 4.42 Å². The minimum absolute atomic E-state index is 0.0275. The SMILES string of the molecule is Cc1cc2c(-c3ccccc3)cc3oc4ccccc4c(=O)c3c2cc1C. The zero-order valence-electron chi connectivity index (χ0n) is 15.2. The molecule has 27 heavy (non-hydrogen) atoms. The molecule has 0 atom stereocenters. The number of rotatable bonds is 1. The molecule has 0 spiro atoms. The van der Waals surface area contributed by atoms with Crippen LogP contribution in [0.2, 0.25) is 0 Å². The van der Waals surface area contributed by atoms with Crippen LogP contribution in [0.15, 0.2) is 82.0 Å². The van der Waals surface area contributed by atoms with Crippen LogP contribution in [0.3, 0.4) is 0 Å². The zero-order chi connectivity index (χ0) is 18.5. The molecule has 130 valence electrons. The topological polar surface area (TPSA) is 30.2 Å². The van der Waals surface area contributed by atoms with Crippen molar-refractivity contribution in [3.8, 4) is 11.1 Å². The van der Waals surface area contributed by atoms with Crippen molar-refractivity contribution in [1.29, 1.82) is 0 Å². The van der Waals surface area contributed by atoms with E-state index >= 15 is 0 Å². The summed E-state index contributed by atoms with van der Waals surface area (Å²) in [5, 5.41) is 3.32. The zero-order valence-corrected chi connectivity index (χ0v) is 15.2. The maximum Gasteiger partial charge on any atom is 0.201 e. The van der Waals surface area contributed by atoms with Crippen LogP contribution in [0, 0.1) is 13.8 Å². The smallest absolute Gasteiger partial charge is 0.201 e. The van der Waals surface area contributed by atoms with Gasteiger partial charge in [-0.2, -0.15) is 0 Å². The molecule has 0 saturated carbocycles. The highest BCUT2D eigenvalue weighted by molar-refractivity contribution is 6.14. The Morgan fingerprint density at radius 2 is 1.33 bits per heavy atom. The molecule has 4 aromatic carbocycles. The summed E-state index contributed by atoms with van der Waals surface area (Å²) in [7, 11) is 0. The van der Waals surface area contributed by atoms with Crippen molar-refractivity contribution in [2.75, 3.05) is 0 Å². The molecule has 5 rings (SSSR count). The Bertz CT molecular complexity index is 1390. The average molecular weight is 350 g/mol. The standard InChI is InChI=1S/C25H18O2/c1-15-12-20-19(17-8-4-3-5-9-17)14-23-24(21(20)13-16(15)2)25(26)18-10-6-7-11-22(18)27-23/h3-14H,1-2H3. The van der Waals surface area contributed by atoms with Crippen molar-refractivity contribution in [1.82, 2.24) is 0 Å². The Balaban J connectivity index is 2.06. The Kier molecular flexibility index (Phi) is 3.41. The van der Waals surface area contributed by atoms with Gasteiger partial charge in [-0.3, -0.25) is 4.79 Å². The second kappa shape index (κ2) is 5.82. The third kappa shape index (κ3) is 2.37. The molecule has 0 aliphatic heterocycles. The largest absolute Gasteiger partial charge is 0.456 e. The maximum absolute atomic E-state index is 13.3. The first-order chi connectivity index (χ1) is 13.1. The van der Waals surface area contributed by atoms with Crippen molar-refractivity contribution in [2.45, 2.75) is 13.8 Å². The third-order valence-electron chi connectivity index (χ3n) is 5.38. The fourth-order valence-electron chi connectivity index (χ4n) is 3.83. The Hall–Kier alpha value is -3.39. The Labute approximate surface area is 156 Å². The van der Waals surface area contributed by atoms with Gasteiger partial charge in [-0.05, 0) is 65.1 Å². The third-order valence-corrected chi connectivity index (χ3v) is 5.38. The van der Waals surface area contributed by atoms with Crippen LogP contribution in [0.1, 0.15) is 11.1 Å². The predicted octanol–water partition coefficient (Wildman–Crippen LogP) is 6.38. The number of hydrogen-bond acceptors (Lipinski definition) is 2. The van der Waals surface area contributed by atoms with Gasteiger partial charge in [0, 0.05) is 0 Å². The molecule has 5 aromatic rings. The van der Waals surface area contributed by atoms with E-state index in [2.05, 4.69) is 38.1 Å². The van der Waals surface area contributed by atoms with Gasteiger partial charge in [0.25, 0.3) is 0 Å². The van der Waals surface area contributed by atoms with Crippen LogP contribution in [0.4, 0.5) is 0 Å². The molecule has 0 bridgehead atoms. The summed E-state index contributed by atoms with van der Waals surface area (Å²) in [6.45, 7) is 4.19. The van der Waals surface area contributed by atoms with Gasteiger partial charge in [0.15, 0.2) is 0 Å². The molecular formula is C25H18O2. The van der Waals surface area contributed by atoms with E-state index in [0.717, 1.165) is 21.9 Å². The van der Waals surface area contributed by atoms with Crippen molar-refractivity contribution in [3.63, 3.8) is 0 Å². The van der Waals surface area contributed by atoms with Crippen LogP contribution in [-0.2, 0) is 0 Å². The quantitative estimate of drug-likeness (QED) is 0.259. The number of aryl methyl sites for hydroxylation is 2. The number of benzene rings is 4. The van der Waals surface area contributed by atoms with Crippen molar-refractivity contribution >= 4 is 32.7 Å². The molecule has 0 aliphatic carbocycles. The fraction of sp³-hybridized carbons (Fsp3) is 0.0800. The first-order valence-electron chi connectivity index (χ1n) is 9.08. The lowest BCUT2D eigenvalue weighted by molar-refractivity contribution is 0.660. The molecule has 0 amide bonds. The van der Waals surface area contributed by atoms with Gasteiger partial charge in [-0.1, -0.05) is 54.6 Å². The predicted molar refractivity (Wildman–Crippen MR) is 112 cm³/mol. The lowest BCUT2D eigenvalue weighted by Gasteiger charge is -2.13. The minimum Gasteiger partial charge on any atom is -0.456 e. The van der Waals surface area contributed by atoms with E-state index in [0.29, 0.717) is 21.9 Å². The highest BCUT2D eigenvalue weighted by Gasteiger charge is 2.15. The average Bonchev–Trinajstić information content (AvgIpc) is 2.69. The number of para-hydroxylation sites is 1. The minimum atomic E-state index is 0.0275.